The molecule has 2 aromatic carbocycles. The molecule has 2 fully saturated rings. The topological polar surface area (TPSA) is 158 Å². The Labute approximate surface area is 309 Å². The minimum absolute atomic E-state index is 0.0134. The molecule has 2 saturated heterocycles. The number of pyridine rings is 1. The van der Waals surface area contributed by atoms with Gasteiger partial charge in [-0.25, -0.2) is 22.6 Å². The molecule has 3 amide bonds. The number of benzene rings is 2. The molecular formula is C37H44FN7O7S. The predicted molar refractivity (Wildman–Crippen MR) is 193 cm³/mol. The number of carbonyl (C=O) groups excluding carboxylic acids is 2. The van der Waals surface area contributed by atoms with E-state index in [4.69, 9.17) is 14.2 Å². The van der Waals surface area contributed by atoms with Gasteiger partial charge in [0, 0.05) is 56.1 Å². The smallest absolute Gasteiger partial charge is 0.318 e. The zero-order chi connectivity index (χ0) is 38.1. The number of amides is 3. The third kappa shape index (κ3) is 6.73. The molecule has 6 rings (SSSR count). The van der Waals surface area contributed by atoms with Gasteiger partial charge < -0.3 is 29.3 Å². The summed E-state index contributed by atoms with van der Waals surface area (Å²) < 4.78 is 62.0. The number of nitrogens with one attached hydrogen (secondary N) is 1. The molecule has 0 bridgehead atoms. The minimum atomic E-state index is -4.87. The Kier molecular flexibility index (Phi) is 10.8. The van der Waals surface area contributed by atoms with Gasteiger partial charge in [-0.15, -0.1) is 0 Å². The lowest BCUT2D eigenvalue weighted by atomic mass is 9.83. The number of fused-ring (bicyclic) bond motifs is 1. The van der Waals surface area contributed by atoms with E-state index in [1.165, 1.54) is 50.7 Å². The van der Waals surface area contributed by atoms with Gasteiger partial charge in [0.05, 0.1) is 37.6 Å². The standard InChI is InChI=1S/C37H44FN7O7S/c1-6-52-34-28(8-7-13-40-34)37(41-36(47)44-18-16-43(17-19-44)26-11-14-42(15-12-26)24(2)3)29-22-30(38)25(23-39)20-31(29)45(35(37)46)53(48,49)33-10-9-27(50-4)21-32(33)51-5/h7-10,13,20-22,24,26H,6,11-12,14-19H2,1-5H3,(H,41,47). The van der Waals surface area contributed by atoms with E-state index in [-0.39, 0.29) is 35.1 Å². The lowest BCUT2D eigenvalue weighted by Crippen LogP contribution is -2.61. The largest absolute Gasteiger partial charge is 0.497 e. The first kappa shape index (κ1) is 37.8. The number of nitrogens with zero attached hydrogens (tertiary/aromatic N) is 6. The fourth-order valence-corrected chi connectivity index (χ4v) is 9.09. The SMILES string of the molecule is CCOc1ncccc1C1(NC(=O)N2CCN(C3CCN(C(C)C)CC3)CC2)C(=O)N(S(=O)(=O)c2ccc(OC)cc2OC)c2cc(C#N)c(F)cc21. The van der Waals surface area contributed by atoms with Crippen LogP contribution in [0.25, 0.3) is 0 Å². The zero-order valence-corrected chi connectivity index (χ0v) is 31.3. The van der Waals surface area contributed by atoms with Gasteiger partial charge in [0.2, 0.25) is 5.88 Å². The van der Waals surface area contributed by atoms with Gasteiger partial charge in [0.25, 0.3) is 15.9 Å². The van der Waals surface area contributed by atoms with Crippen LogP contribution in [0.4, 0.5) is 14.9 Å². The molecule has 0 radical (unpaired) electrons. The number of hydrogen-bond donors (Lipinski definition) is 1. The predicted octanol–water partition coefficient (Wildman–Crippen LogP) is 3.69. The van der Waals surface area contributed by atoms with Crippen molar-refractivity contribution in [2.24, 2.45) is 0 Å². The minimum Gasteiger partial charge on any atom is -0.497 e. The molecule has 53 heavy (non-hydrogen) atoms. The molecule has 1 atom stereocenters. The van der Waals surface area contributed by atoms with Crippen molar-refractivity contribution in [2.75, 3.05) is 64.4 Å². The molecule has 0 aliphatic carbocycles. The summed E-state index contributed by atoms with van der Waals surface area (Å²) in [4.78, 5) is 39.9. The van der Waals surface area contributed by atoms with Crippen molar-refractivity contribution < 1.29 is 36.6 Å². The van der Waals surface area contributed by atoms with Crippen LogP contribution in [0.3, 0.4) is 0 Å². The van der Waals surface area contributed by atoms with Gasteiger partial charge in [-0.1, -0.05) is 0 Å². The highest BCUT2D eigenvalue weighted by Gasteiger charge is 2.59. The van der Waals surface area contributed by atoms with Crippen LogP contribution in [-0.2, 0) is 20.4 Å². The van der Waals surface area contributed by atoms with E-state index in [0.29, 0.717) is 48.3 Å². The van der Waals surface area contributed by atoms with Crippen LogP contribution in [0, 0.1) is 17.1 Å². The summed E-state index contributed by atoms with van der Waals surface area (Å²) in [6.45, 7) is 10.1. The second kappa shape index (κ2) is 15.2. The van der Waals surface area contributed by atoms with Gasteiger partial charge in [-0.2, -0.15) is 9.57 Å². The second-order valence-electron chi connectivity index (χ2n) is 13.4. The second-order valence-corrected chi connectivity index (χ2v) is 15.2. The van der Waals surface area contributed by atoms with Crippen LogP contribution < -0.4 is 23.8 Å². The van der Waals surface area contributed by atoms with E-state index in [1.807, 2.05) is 0 Å². The Bertz CT molecular complexity index is 2030. The zero-order valence-electron chi connectivity index (χ0n) is 30.5. The van der Waals surface area contributed by atoms with E-state index in [1.54, 1.807) is 17.9 Å². The van der Waals surface area contributed by atoms with E-state index < -0.39 is 43.8 Å². The molecule has 3 aliphatic heterocycles. The third-order valence-electron chi connectivity index (χ3n) is 10.3. The molecule has 4 heterocycles. The van der Waals surface area contributed by atoms with Crippen LogP contribution in [0.2, 0.25) is 0 Å². The molecule has 16 heteroatoms. The first-order chi connectivity index (χ1) is 25.4. The van der Waals surface area contributed by atoms with Crippen molar-refractivity contribution in [2.45, 2.75) is 56.1 Å². The molecule has 282 valence electrons. The molecule has 1 aromatic heterocycles. The molecule has 0 saturated carbocycles. The quantitative estimate of drug-likeness (QED) is 0.323. The number of hydrogen-bond acceptors (Lipinski definition) is 11. The third-order valence-corrected chi connectivity index (χ3v) is 12.1. The Balaban J connectivity index is 1.43. The Morgan fingerprint density at radius 1 is 1.06 bits per heavy atom. The van der Waals surface area contributed by atoms with Crippen LogP contribution in [0.15, 0.2) is 53.6 Å². The van der Waals surface area contributed by atoms with Crippen LogP contribution in [0.5, 0.6) is 17.4 Å². The van der Waals surface area contributed by atoms with Crippen molar-refractivity contribution in [3.8, 4) is 23.4 Å². The fourth-order valence-electron chi connectivity index (χ4n) is 7.49. The maximum atomic E-state index is 15.7. The van der Waals surface area contributed by atoms with Gasteiger partial charge in [-0.05, 0) is 83.1 Å². The summed E-state index contributed by atoms with van der Waals surface area (Å²) in [7, 11) is -2.20. The molecule has 3 aliphatic rings. The average molecular weight is 750 g/mol. The maximum Gasteiger partial charge on any atom is 0.318 e. The molecule has 0 spiro atoms. The summed E-state index contributed by atoms with van der Waals surface area (Å²) in [5, 5.41) is 12.6. The number of aromatic nitrogens is 1. The van der Waals surface area contributed by atoms with Gasteiger partial charge in [0.1, 0.15) is 28.3 Å². The van der Waals surface area contributed by atoms with Crippen LogP contribution >= 0.6 is 0 Å². The lowest BCUT2D eigenvalue weighted by Gasteiger charge is -2.44. The lowest BCUT2D eigenvalue weighted by molar-refractivity contribution is -0.121. The number of methoxy groups -OCH3 is 2. The van der Waals surface area contributed by atoms with E-state index in [2.05, 4.69) is 33.9 Å². The van der Waals surface area contributed by atoms with Crippen molar-refractivity contribution in [3.63, 3.8) is 0 Å². The van der Waals surface area contributed by atoms with Crippen LogP contribution in [0.1, 0.15) is 50.3 Å². The van der Waals surface area contributed by atoms with E-state index >= 15 is 9.18 Å². The molecule has 1 N–H and O–H groups in total. The highest BCUT2D eigenvalue weighted by molar-refractivity contribution is 7.93. The Morgan fingerprint density at radius 3 is 2.40 bits per heavy atom. The normalized spacial score (nSPS) is 19.9. The monoisotopic (exact) mass is 749 g/mol. The Hall–Kier alpha value is -4.98. The summed E-state index contributed by atoms with van der Waals surface area (Å²) in [6, 6.07) is 10.8. The van der Waals surface area contributed by atoms with Crippen molar-refractivity contribution >= 4 is 27.6 Å². The molecular weight excluding hydrogens is 706 g/mol. The first-order valence-corrected chi connectivity index (χ1v) is 19.0. The average Bonchev–Trinajstić information content (AvgIpc) is 3.41. The number of ether oxygens (including phenoxy) is 3. The van der Waals surface area contributed by atoms with Gasteiger partial charge in [0.15, 0.2) is 5.54 Å². The number of piperidine rings is 1. The highest BCUT2D eigenvalue weighted by atomic mass is 32.2. The van der Waals surface area contributed by atoms with E-state index in [9.17, 15) is 18.5 Å². The summed E-state index contributed by atoms with van der Waals surface area (Å²) in [5.41, 5.74) is -3.41. The number of carbonyl (C=O) groups is 2. The maximum absolute atomic E-state index is 15.7. The van der Waals surface area contributed by atoms with Crippen molar-refractivity contribution in [1.82, 2.24) is 25.0 Å². The number of nitriles is 1. The number of urea groups is 1. The molecule has 3 aromatic rings. The number of halogens is 1. The van der Waals surface area contributed by atoms with Crippen molar-refractivity contribution in [3.05, 3.63) is 71.2 Å². The summed E-state index contributed by atoms with van der Waals surface area (Å²) in [6.07, 6.45) is 3.48. The molecule has 14 nitrogen and oxygen atoms in total. The number of likely N-dealkylation sites (tertiary alicyclic amines) is 1. The Morgan fingerprint density at radius 2 is 1.77 bits per heavy atom. The summed E-state index contributed by atoms with van der Waals surface area (Å²) in [5.74, 6) is -2.08. The number of anilines is 1. The van der Waals surface area contributed by atoms with E-state index in [0.717, 1.165) is 38.1 Å². The van der Waals surface area contributed by atoms with Gasteiger partial charge >= 0.3 is 6.03 Å². The van der Waals surface area contributed by atoms with Crippen LogP contribution in [-0.4, -0.2) is 112 Å². The fraction of sp³-hybridized carbons (Fsp3) is 0.459. The number of sulfonamides is 1. The molecule has 1 unspecified atom stereocenters. The van der Waals surface area contributed by atoms with Gasteiger partial charge in [-0.3, -0.25) is 9.69 Å². The summed E-state index contributed by atoms with van der Waals surface area (Å²) >= 11 is 0. The number of rotatable bonds is 10. The highest BCUT2D eigenvalue weighted by Crippen LogP contribution is 2.50. The number of piperazine rings is 1. The first-order valence-electron chi connectivity index (χ1n) is 17.6. The van der Waals surface area contributed by atoms with Crippen molar-refractivity contribution in [1.29, 1.82) is 5.26 Å².